The zero-order valence-corrected chi connectivity index (χ0v) is 10.7. The Labute approximate surface area is 107 Å². The van der Waals surface area contributed by atoms with E-state index in [9.17, 15) is 13.2 Å². The summed E-state index contributed by atoms with van der Waals surface area (Å²) in [6.45, 7) is 0.0172. The molecule has 0 bridgehead atoms. The number of nitrogen functional groups attached to an aromatic ring is 1. The molecule has 2 rings (SSSR count). The Morgan fingerprint density at radius 3 is 2.89 bits per heavy atom. The van der Waals surface area contributed by atoms with Gasteiger partial charge in [-0.25, -0.2) is 18.1 Å². The summed E-state index contributed by atoms with van der Waals surface area (Å²) in [4.78, 5) is 16.9. The number of aromatic amines is 1. The number of rotatable bonds is 4. The predicted molar refractivity (Wildman–Crippen MR) is 67.6 cm³/mol. The summed E-state index contributed by atoms with van der Waals surface area (Å²) in [5, 5.41) is 1.56. The van der Waals surface area contributed by atoms with E-state index in [1.165, 1.54) is 18.3 Å². The monoisotopic (exact) mass is 286 g/mol. The van der Waals surface area contributed by atoms with Gasteiger partial charge in [0.1, 0.15) is 5.82 Å². The average molecular weight is 286 g/mol. The quantitative estimate of drug-likeness (QED) is 0.725. The van der Waals surface area contributed by atoms with E-state index in [-0.39, 0.29) is 22.1 Å². The minimum atomic E-state index is -3.66. The molecule has 18 heavy (non-hydrogen) atoms. The molecule has 0 unspecified atom stereocenters. The van der Waals surface area contributed by atoms with Crippen LogP contribution in [0.4, 0.5) is 5.82 Å². The number of nitrogens with one attached hydrogen (secondary N) is 2. The van der Waals surface area contributed by atoms with E-state index in [2.05, 4.69) is 14.7 Å². The highest BCUT2D eigenvalue weighted by Crippen LogP contribution is 2.10. The highest BCUT2D eigenvalue weighted by Gasteiger charge is 2.14. The van der Waals surface area contributed by atoms with Crippen molar-refractivity contribution in [2.45, 2.75) is 11.4 Å². The van der Waals surface area contributed by atoms with Crippen molar-refractivity contribution in [2.75, 3.05) is 5.73 Å². The number of aromatic nitrogens is 2. The zero-order chi connectivity index (χ0) is 13.2. The van der Waals surface area contributed by atoms with E-state index in [1.807, 2.05) is 0 Å². The van der Waals surface area contributed by atoms with Gasteiger partial charge in [-0.1, -0.05) is 11.3 Å². The second-order valence-electron chi connectivity index (χ2n) is 3.41. The Bertz CT molecular complexity index is 704. The maximum atomic E-state index is 11.9. The van der Waals surface area contributed by atoms with E-state index in [0.717, 1.165) is 11.3 Å². The summed E-state index contributed by atoms with van der Waals surface area (Å²) in [6, 6.07) is 2.60. The third-order valence-corrected chi connectivity index (χ3v) is 4.20. The minimum Gasteiger partial charge on any atom is -0.384 e. The molecule has 9 heteroatoms. The normalized spacial score (nSPS) is 11.6. The molecule has 0 aromatic carbocycles. The summed E-state index contributed by atoms with van der Waals surface area (Å²) in [7, 11) is -3.66. The van der Waals surface area contributed by atoms with Crippen LogP contribution in [0.15, 0.2) is 33.4 Å². The molecule has 7 nitrogen and oxygen atoms in total. The predicted octanol–water partition coefficient (Wildman–Crippen LogP) is -0.108. The molecule has 0 radical (unpaired) electrons. The lowest BCUT2D eigenvalue weighted by molar-refractivity contribution is 0.580. The van der Waals surface area contributed by atoms with Gasteiger partial charge < -0.3 is 10.7 Å². The molecule has 2 aromatic heterocycles. The van der Waals surface area contributed by atoms with Crippen LogP contribution in [-0.4, -0.2) is 18.4 Å². The van der Waals surface area contributed by atoms with E-state index in [1.54, 1.807) is 5.38 Å². The fraction of sp³-hybridized carbons (Fsp3) is 0.111. The lowest BCUT2D eigenvalue weighted by Crippen LogP contribution is -2.23. The van der Waals surface area contributed by atoms with Crippen LogP contribution in [0.5, 0.6) is 0 Å². The van der Waals surface area contributed by atoms with Gasteiger partial charge in [0.05, 0.1) is 11.4 Å². The number of hydrogen-bond acceptors (Lipinski definition) is 6. The van der Waals surface area contributed by atoms with Crippen molar-refractivity contribution in [1.82, 2.24) is 14.7 Å². The van der Waals surface area contributed by atoms with Crippen molar-refractivity contribution in [1.29, 1.82) is 0 Å². The second kappa shape index (κ2) is 4.88. The number of nitrogens with zero attached hydrogens (tertiary/aromatic N) is 1. The Balaban J connectivity index is 2.15. The third-order valence-electron chi connectivity index (χ3n) is 2.09. The van der Waals surface area contributed by atoms with Gasteiger partial charge in [0.2, 0.25) is 10.0 Å². The largest absolute Gasteiger partial charge is 0.384 e. The highest BCUT2D eigenvalue weighted by atomic mass is 32.2. The Morgan fingerprint density at radius 1 is 1.50 bits per heavy atom. The van der Waals surface area contributed by atoms with Crippen molar-refractivity contribution < 1.29 is 8.42 Å². The maximum Gasteiger partial charge on any atom is 0.304 e. The van der Waals surface area contributed by atoms with Gasteiger partial charge in [-0.15, -0.1) is 0 Å². The van der Waals surface area contributed by atoms with Crippen molar-refractivity contribution in [3.8, 4) is 0 Å². The zero-order valence-electron chi connectivity index (χ0n) is 9.08. The number of anilines is 1. The van der Waals surface area contributed by atoms with Gasteiger partial charge in [-0.05, 0) is 6.07 Å². The van der Waals surface area contributed by atoms with Crippen LogP contribution >= 0.6 is 11.3 Å². The van der Waals surface area contributed by atoms with Crippen LogP contribution < -0.4 is 15.3 Å². The third kappa shape index (κ3) is 2.94. The molecule has 0 saturated heterocycles. The number of pyridine rings is 1. The standard InChI is InChI=1S/C9H10N4O3S2/c10-8-3-7(1-2-11-8)18(15,16)12-4-6-5-17-9(14)13-6/h1-3,5,12H,4H2,(H2,10,11)(H,13,14). The molecule has 2 aromatic rings. The highest BCUT2D eigenvalue weighted by molar-refractivity contribution is 7.89. The lowest BCUT2D eigenvalue weighted by Gasteiger charge is -2.05. The lowest BCUT2D eigenvalue weighted by atomic mass is 10.5. The summed E-state index contributed by atoms with van der Waals surface area (Å²) in [5.41, 5.74) is 5.93. The van der Waals surface area contributed by atoms with Crippen LogP contribution in [0.1, 0.15) is 5.69 Å². The number of sulfonamides is 1. The molecular formula is C9H10N4O3S2. The molecule has 0 spiro atoms. The molecule has 0 amide bonds. The number of thiazole rings is 1. The van der Waals surface area contributed by atoms with Gasteiger partial charge in [0.25, 0.3) is 0 Å². The number of hydrogen-bond donors (Lipinski definition) is 3. The first-order valence-electron chi connectivity index (χ1n) is 4.85. The number of H-pyrrole nitrogens is 1. The van der Waals surface area contributed by atoms with E-state index >= 15 is 0 Å². The summed E-state index contributed by atoms with van der Waals surface area (Å²) < 4.78 is 26.1. The molecule has 0 aliphatic carbocycles. The Morgan fingerprint density at radius 2 is 2.28 bits per heavy atom. The molecular weight excluding hydrogens is 276 g/mol. The summed E-state index contributed by atoms with van der Waals surface area (Å²) in [5.74, 6) is 0.127. The van der Waals surface area contributed by atoms with Gasteiger partial charge in [-0.3, -0.25) is 4.79 Å². The van der Waals surface area contributed by atoms with Gasteiger partial charge >= 0.3 is 4.87 Å². The maximum absolute atomic E-state index is 11.9. The summed E-state index contributed by atoms with van der Waals surface area (Å²) >= 11 is 0.977. The van der Waals surface area contributed by atoms with Gasteiger partial charge in [-0.2, -0.15) is 0 Å². The fourth-order valence-corrected chi connectivity index (χ4v) is 2.86. The molecule has 0 saturated carbocycles. The van der Waals surface area contributed by atoms with E-state index in [0.29, 0.717) is 5.69 Å². The van der Waals surface area contributed by atoms with Crippen molar-refractivity contribution in [2.24, 2.45) is 0 Å². The first-order valence-corrected chi connectivity index (χ1v) is 7.21. The van der Waals surface area contributed by atoms with E-state index in [4.69, 9.17) is 5.73 Å². The van der Waals surface area contributed by atoms with Crippen LogP contribution in [0.25, 0.3) is 0 Å². The Hall–Kier alpha value is -1.71. The van der Waals surface area contributed by atoms with Crippen molar-refractivity contribution in [3.63, 3.8) is 0 Å². The average Bonchev–Trinajstić information content (AvgIpc) is 2.73. The smallest absolute Gasteiger partial charge is 0.304 e. The summed E-state index contributed by atoms with van der Waals surface area (Å²) in [6.07, 6.45) is 1.32. The van der Waals surface area contributed by atoms with Crippen LogP contribution in [-0.2, 0) is 16.6 Å². The fourth-order valence-electron chi connectivity index (χ4n) is 1.25. The first kappa shape index (κ1) is 12.7. The topological polar surface area (TPSA) is 118 Å². The number of nitrogens with two attached hydrogens (primary N) is 1. The van der Waals surface area contributed by atoms with Crippen molar-refractivity contribution >= 4 is 27.2 Å². The van der Waals surface area contributed by atoms with Gasteiger partial charge in [0, 0.05) is 23.3 Å². The SMILES string of the molecule is Nc1cc(S(=O)(=O)NCc2csc(=O)[nH]2)ccn1. The molecule has 0 fully saturated rings. The molecule has 0 atom stereocenters. The van der Waals surface area contributed by atoms with Crippen LogP contribution in [0.2, 0.25) is 0 Å². The molecule has 2 heterocycles. The van der Waals surface area contributed by atoms with Crippen LogP contribution in [0, 0.1) is 0 Å². The molecule has 96 valence electrons. The van der Waals surface area contributed by atoms with Gasteiger partial charge in [0.15, 0.2) is 0 Å². The Kier molecular flexibility index (Phi) is 3.45. The van der Waals surface area contributed by atoms with Crippen molar-refractivity contribution in [3.05, 3.63) is 39.1 Å². The van der Waals surface area contributed by atoms with Crippen LogP contribution in [0.3, 0.4) is 0 Å². The van der Waals surface area contributed by atoms with E-state index < -0.39 is 10.0 Å². The molecule has 4 N–H and O–H groups in total. The molecule has 0 aliphatic heterocycles. The minimum absolute atomic E-state index is 0.0172. The molecule has 0 aliphatic rings. The first-order chi connectivity index (χ1) is 8.47. The second-order valence-corrected chi connectivity index (χ2v) is 6.02.